The summed E-state index contributed by atoms with van der Waals surface area (Å²) in [6, 6.07) is 1.71. The van der Waals surface area contributed by atoms with E-state index in [2.05, 4.69) is 5.43 Å². The number of carbonyl (C=O) groups is 2. The highest BCUT2D eigenvalue weighted by Gasteiger charge is 2.20. The zero-order valence-corrected chi connectivity index (χ0v) is 11.3. The average molecular weight is 272 g/mol. The fourth-order valence-corrected chi connectivity index (χ4v) is 1.79. The summed E-state index contributed by atoms with van der Waals surface area (Å²) in [6.45, 7) is 4.87. The van der Waals surface area contributed by atoms with E-state index in [1.807, 2.05) is 0 Å². The maximum absolute atomic E-state index is 11.6. The molecular weight excluding hydrogens is 256 g/mol. The summed E-state index contributed by atoms with van der Waals surface area (Å²) in [4.78, 5) is 22.3. The molecule has 7 heteroatoms. The molecule has 0 saturated carbocycles. The second-order valence-corrected chi connectivity index (χ2v) is 5.36. The van der Waals surface area contributed by atoms with Gasteiger partial charge in [0.05, 0.1) is 5.69 Å². The number of ether oxygens (including phenoxy) is 1. The van der Waals surface area contributed by atoms with E-state index in [-0.39, 0.29) is 6.54 Å². The first-order chi connectivity index (χ1) is 8.28. The predicted molar refractivity (Wildman–Crippen MR) is 68.7 cm³/mol. The van der Waals surface area contributed by atoms with Crippen molar-refractivity contribution in [1.29, 1.82) is 0 Å². The Labute approximate surface area is 109 Å². The van der Waals surface area contributed by atoms with Gasteiger partial charge in [0, 0.05) is 5.38 Å². The van der Waals surface area contributed by atoms with Gasteiger partial charge >= 0.3 is 12.1 Å². The number of carboxylic acids is 1. The molecule has 0 saturated heterocycles. The van der Waals surface area contributed by atoms with Crippen molar-refractivity contribution in [3.05, 3.63) is 16.8 Å². The lowest BCUT2D eigenvalue weighted by Gasteiger charge is -2.25. The summed E-state index contributed by atoms with van der Waals surface area (Å²) in [5, 5.41) is 13.6. The fraction of sp³-hybridized carbons (Fsp3) is 0.455. The largest absolute Gasteiger partial charge is 0.480 e. The lowest BCUT2D eigenvalue weighted by molar-refractivity contribution is -0.135. The van der Waals surface area contributed by atoms with E-state index in [0.717, 1.165) is 0 Å². The molecule has 0 radical (unpaired) electrons. The number of rotatable bonds is 4. The van der Waals surface area contributed by atoms with E-state index in [4.69, 9.17) is 9.84 Å². The van der Waals surface area contributed by atoms with Crippen molar-refractivity contribution in [1.82, 2.24) is 5.43 Å². The molecule has 1 amide bonds. The van der Waals surface area contributed by atoms with Gasteiger partial charge in [-0.1, -0.05) is 0 Å². The van der Waals surface area contributed by atoms with Gasteiger partial charge in [-0.05, 0) is 32.2 Å². The van der Waals surface area contributed by atoms with Crippen molar-refractivity contribution in [3.63, 3.8) is 0 Å². The molecule has 0 aromatic carbocycles. The molecule has 1 rings (SSSR count). The number of hydrogen-bond donors (Lipinski definition) is 2. The molecule has 100 valence electrons. The Bertz CT molecular complexity index is 411. The Morgan fingerprint density at radius 3 is 2.61 bits per heavy atom. The van der Waals surface area contributed by atoms with E-state index in [0.29, 0.717) is 5.69 Å². The molecule has 1 aromatic heterocycles. The number of aliphatic carboxylic acids is 1. The van der Waals surface area contributed by atoms with Crippen LogP contribution in [0, 0.1) is 0 Å². The van der Waals surface area contributed by atoms with Crippen molar-refractivity contribution >= 4 is 29.1 Å². The summed E-state index contributed by atoms with van der Waals surface area (Å²) < 4.78 is 5.07. The Kier molecular flexibility index (Phi) is 4.55. The van der Waals surface area contributed by atoms with Crippen LogP contribution in [0.25, 0.3) is 0 Å². The lowest BCUT2D eigenvalue weighted by atomic mass is 10.2. The number of thiophene rings is 1. The fourth-order valence-electron chi connectivity index (χ4n) is 1.15. The van der Waals surface area contributed by atoms with Crippen molar-refractivity contribution in [2.24, 2.45) is 0 Å². The maximum Gasteiger partial charge on any atom is 0.426 e. The first-order valence-electron chi connectivity index (χ1n) is 5.29. The number of nitrogens with one attached hydrogen (secondary N) is 1. The summed E-state index contributed by atoms with van der Waals surface area (Å²) in [7, 11) is 0. The molecule has 0 aliphatic carbocycles. The predicted octanol–water partition coefficient (Wildman–Crippen LogP) is 2.08. The molecule has 0 bridgehead atoms. The van der Waals surface area contributed by atoms with Crippen LogP contribution in [0.2, 0.25) is 0 Å². The number of nitrogens with zero attached hydrogens (tertiary/aromatic N) is 1. The molecule has 0 fully saturated rings. The number of anilines is 1. The van der Waals surface area contributed by atoms with Gasteiger partial charge in [-0.2, -0.15) is 11.3 Å². The van der Waals surface area contributed by atoms with Crippen LogP contribution in [0.15, 0.2) is 16.8 Å². The lowest BCUT2D eigenvalue weighted by Crippen LogP contribution is -2.47. The van der Waals surface area contributed by atoms with Gasteiger partial charge < -0.3 is 9.84 Å². The summed E-state index contributed by atoms with van der Waals surface area (Å²) in [5.74, 6) is -1.04. The first kappa shape index (κ1) is 14.3. The second kappa shape index (κ2) is 5.72. The van der Waals surface area contributed by atoms with Crippen molar-refractivity contribution < 1.29 is 19.4 Å². The minimum Gasteiger partial charge on any atom is -0.480 e. The van der Waals surface area contributed by atoms with Gasteiger partial charge in [0.2, 0.25) is 0 Å². The minimum atomic E-state index is -1.04. The molecule has 0 aliphatic rings. The average Bonchev–Trinajstić information content (AvgIpc) is 2.64. The molecule has 0 unspecified atom stereocenters. The normalized spacial score (nSPS) is 10.8. The standard InChI is InChI=1S/C11H16N2O4S/c1-11(2,3)17-10(16)12-13(6-9(14)15)8-4-5-18-7-8/h4-5,7H,6H2,1-3H3,(H,12,16)(H,14,15). The Balaban J connectivity index is 2.68. The smallest absolute Gasteiger partial charge is 0.426 e. The highest BCUT2D eigenvalue weighted by atomic mass is 32.1. The summed E-state index contributed by atoms with van der Waals surface area (Å²) in [5.41, 5.74) is 2.38. The van der Waals surface area contributed by atoms with E-state index >= 15 is 0 Å². The molecule has 1 heterocycles. The zero-order valence-electron chi connectivity index (χ0n) is 10.5. The van der Waals surface area contributed by atoms with Crippen LogP contribution in [0.5, 0.6) is 0 Å². The molecule has 0 atom stereocenters. The van der Waals surface area contributed by atoms with Crippen LogP contribution in [-0.4, -0.2) is 29.3 Å². The topological polar surface area (TPSA) is 78.9 Å². The third kappa shape index (κ3) is 5.05. The first-order valence-corrected chi connectivity index (χ1v) is 6.23. The van der Waals surface area contributed by atoms with Crippen molar-refractivity contribution in [2.75, 3.05) is 11.6 Å². The van der Waals surface area contributed by atoms with E-state index in [1.165, 1.54) is 16.3 Å². The Morgan fingerprint density at radius 2 is 2.17 bits per heavy atom. The van der Waals surface area contributed by atoms with Crippen LogP contribution in [-0.2, 0) is 9.53 Å². The van der Waals surface area contributed by atoms with Crippen LogP contribution in [0.3, 0.4) is 0 Å². The van der Waals surface area contributed by atoms with Crippen LogP contribution >= 0.6 is 11.3 Å². The molecule has 0 spiro atoms. The molecule has 1 aromatic rings. The number of carboxylic acid groups (broad SMARTS) is 1. The Hall–Kier alpha value is -1.76. The number of hydrogen-bond acceptors (Lipinski definition) is 5. The van der Waals surface area contributed by atoms with Gasteiger partial charge in [-0.3, -0.25) is 9.80 Å². The maximum atomic E-state index is 11.6. The van der Waals surface area contributed by atoms with Gasteiger partial charge in [0.25, 0.3) is 0 Å². The summed E-state index contributed by atoms with van der Waals surface area (Å²) >= 11 is 1.41. The van der Waals surface area contributed by atoms with E-state index in [9.17, 15) is 9.59 Å². The third-order valence-electron chi connectivity index (χ3n) is 1.74. The van der Waals surface area contributed by atoms with Gasteiger partial charge in [0.1, 0.15) is 12.1 Å². The van der Waals surface area contributed by atoms with Gasteiger partial charge in [-0.25, -0.2) is 10.2 Å². The van der Waals surface area contributed by atoms with Crippen molar-refractivity contribution in [3.8, 4) is 0 Å². The quantitative estimate of drug-likeness (QED) is 0.820. The second-order valence-electron chi connectivity index (χ2n) is 4.58. The van der Waals surface area contributed by atoms with Crippen LogP contribution in [0.4, 0.5) is 10.5 Å². The molecule has 0 aliphatic heterocycles. The third-order valence-corrected chi connectivity index (χ3v) is 2.41. The van der Waals surface area contributed by atoms with Crippen molar-refractivity contribution in [2.45, 2.75) is 26.4 Å². The van der Waals surface area contributed by atoms with Crippen LogP contribution in [0.1, 0.15) is 20.8 Å². The SMILES string of the molecule is CC(C)(C)OC(=O)NN(CC(=O)O)c1ccsc1. The highest BCUT2D eigenvalue weighted by Crippen LogP contribution is 2.16. The summed E-state index contributed by atoms with van der Waals surface area (Å²) in [6.07, 6.45) is -0.685. The molecular formula is C11H16N2O4S. The van der Waals surface area contributed by atoms with E-state index < -0.39 is 17.7 Å². The molecule has 6 nitrogen and oxygen atoms in total. The molecule has 18 heavy (non-hydrogen) atoms. The van der Waals surface area contributed by atoms with E-state index in [1.54, 1.807) is 37.6 Å². The minimum absolute atomic E-state index is 0.337. The zero-order chi connectivity index (χ0) is 13.8. The number of hydrazine groups is 1. The highest BCUT2D eigenvalue weighted by molar-refractivity contribution is 7.08. The van der Waals surface area contributed by atoms with Gasteiger partial charge in [0.15, 0.2) is 0 Å². The Morgan fingerprint density at radius 1 is 1.50 bits per heavy atom. The number of amides is 1. The van der Waals surface area contributed by atoms with Gasteiger partial charge in [-0.15, -0.1) is 0 Å². The number of carbonyl (C=O) groups excluding carboxylic acids is 1. The molecule has 2 N–H and O–H groups in total. The monoisotopic (exact) mass is 272 g/mol. The van der Waals surface area contributed by atoms with Crippen LogP contribution < -0.4 is 10.4 Å².